The number of likely N-dealkylation sites (N-methyl/N-ethyl adjacent to an activating group) is 1. The minimum absolute atomic E-state index is 0.0174. The van der Waals surface area contributed by atoms with Gasteiger partial charge in [0, 0.05) is 37.4 Å². The maximum Gasteiger partial charge on any atom is 0.573 e. The molecule has 2 aromatic carbocycles. The van der Waals surface area contributed by atoms with Crippen LogP contribution < -0.4 is 15.0 Å². The molecular formula is C23H27F4N3O2. The zero-order valence-corrected chi connectivity index (χ0v) is 18.1. The first-order chi connectivity index (χ1) is 15.1. The Labute approximate surface area is 185 Å². The van der Waals surface area contributed by atoms with Gasteiger partial charge in [0.15, 0.2) is 0 Å². The summed E-state index contributed by atoms with van der Waals surface area (Å²) in [7, 11) is 0. The minimum Gasteiger partial charge on any atom is -0.406 e. The molecule has 32 heavy (non-hydrogen) atoms. The van der Waals surface area contributed by atoms with Gasteiger partial charge in [0.2, 0.25) is 5.91 Å². The number of hydrogen-bond acceptors (Lipinski definition) is 4. The molecule has 0 bridgehead atoms. The largest absolute Gasteiger partial charge is 0.573 e. The van der Waals surface area contributed by atoms with Crippen LogP contribution in [-0.2, 0) is 11.2 Å². The van der Waals surface area contributed by atoms with Gasteiger partial charge in [-0.3, -0.25) is 4.79 Å². The molecule has 1 atom stereocenters. The first-order valence-corrected chi connectivity index (χ1v) is 10.6. The molecule has 1 amide bonds. The van der Waals surface area contributed by atoms with E-state index in [4.69, 9.17) is 0 Å². The standard InChI is InChI=1S/C23H27F4N3O2/c1-3-29-10-12-30(13-11-29)21-9-6-18(24)15-20(21)16(2)28-22(31)14-17-4-7-19(8-5-17)32-23(25,26)27/h4-9,15-16H,3,10-14H2,1-2H3,(H,28,31). The smallest absolute Gasteiger partial charge is 0.406 e. The van der Waals surface area contributed by atoms with Crippen molar-refractivity contribution in [2.24, 2.45) is 0 Å². The van der Waals surface area contributed by atoms with Crippen molar-refractivity contribution < 1.29 is 27.1 Å². The van der Waals surface area contributed by atoms with E-state index in [0.29, 0.717) is 11.1 Å². The van der Waals surface area contributed by atoms with E-state index in [2.05, 4.69) is 26.8 Å². The molecule has 0 aromatic heterocycles. The summed E-state index contributed by atoms with van der Waals surface area (Å²) < 4.78 is 54.6. The van der Waals surface area contributed by atoms with Gasteiger partial charge in [-0.15, -0.1) is 13.2 Å². The third-order valence-corrected chi connectivity index (χ3v) is 5.52. The number of halogens is 4. The van der Waals surface area contributed by atoms with E-state index in [-0.39, 0.29) is 23.9 Å². The van der Waals surface area contributed by atoms with Crippen LogP contribution in [0.25, 0.3) is 0 Å². The van der Waals surface area contributed by atoms with Gasteiger partial charge < -0.3 is 19.9 Å². The molecule has 5 nitrogen and oxygen atoms in total. The van der Waals surface area contributed by atoms with E-state index in [1.807, 2.05) is 0 Å². The van der Waals surface area contributed by atoms with E-state index in [1.54, 1.807) is 13.0 Å². The maximum atomic E-state index is 14.0. The molecule has 0 aliphatic carbocycles. The fourth-order valence-corrected chi connectivity index (χ4v) is 3.83. The summed E-state index contributed by atoms with van der Waals surface area (Å²) in [6.07, 6.45) is -4.78. The van der Waals surface area contributed by atoms with Crippen molar-refractivity contribution in [3.05, 3.63) is 59.4 Å². The van der Waals surface area contributed by atoms with Gasteiger partial charge >= 0.3 is 6.36 Å². The second kappa shape index (κ2) is 10.2. The summed E-state index contributed by atoms with van der Waals surface area (Å²) in [5.41, 5.74) is 2.13. The summed E-state index contributed by atoms with van der Waals surface area (Å²) >= 11 is 0. The summed E-state index contributed by atoms with van der Waals surface area (Å²) in [6.45, 7) is 8.37. The van der Waals surface area contributed by atoms with Gasteiger partial charge in [-0.25, -0.2) is 4.39 Å². The molecule has 0 radical (unpaired) electrons. The molecular weight excluding hydrogens is 426 g/mol. The van der Waals surface area contributed by atoms with Crippen LogP contribution in [0.15, 0.2) is 42.5 Å². The zero-order valence-electron chi connectivity index (χ0n) is 18.1. The number of hydrogen-bond donors (Lipinski definition) is 1. The highest BCUT2D eigenvalue weighted by Crippen LogP contribution is 2.29. The van der Waals surface area contributed by atoms with Crippen LogP contribution in [0.1, 0.15) is 31.0 Å². The van der Waals surface area contributed by atoms with Crippen LogP contribution in [0.3, 0.4) is 0 Å². The summed E-state index contributed by atoms with van der Waals surface area (Å²) in [5.74, 6) is -1.03. The molecule has 1 heterocycles. The number of alkyl halides is 3. The van der Waals surface area contributed by atoms with E-state index < -0.39 is 12.4 Å². The third kappa shape index (κ3) is 6.59. The second-order valence-electron chi connectivity index (χ2n) is 7.78. The van der Waals surface area contributed by atoms with E-state index in [0.717, 1.165) is 38.4 Å². The molecule has 1 N–H and O–H groups in total. The third-order valence-electron chi connectivity index (χ3n) is 5.52. The first-order valence-electron chi connectivity index (χ1n) is 10.6. The molecule has 0 saturated carbocycles. The number of piperazine rings is 1. The Bertz CT molecular complexity index is 910. The monoisotopic (exact) mass is 453 g/mol. The maximum absolute atomic E-state index is 14.0. The number of amides is 1. The lowest BCUT2D eigenvalue weighted by Gasteiger charge is -2.37. The number of nitrogens with zero attached hydrogens (tertiary/aromatic N) is 2. The fraction of sp³-hybridized carbons (Fsp3) is 0.435. The zero-order chi connectivity index (χ0) is 23.3. The van der Waals surface area contributed by atoms with Crippen molar-refractivity contribution >= 4 is 11.6 Å². The highest BCUT2D eigenvalue weighted by atomic mass is 19.4. The topological polar surface area (TPSA) is 44.8 Å². The average molecular weight is 453 g/mol. The Morgan fingerprint density at radius 2 is 1.75 bits per heavy atom. The lowest BCUT2D eigenvalue weighted by atomic mass is 10.0. The predicted molar refractivity (Wildman–Crippen MR) is 114 cm³/mol. The fourth-order valence-electron chi connectivity index (χ4n) is 3.83. The van der Waals surface area contributed by atoms with Crippen LogP contribution in [0.4, 0.5) is 23.2 Å². The number of carbonyl (C=O) groups is 1. The predicted octanol–water partition coefficient (Wildman–Crippen LogP) is 4.29. The number of carbonyl (C=O) groups excluding carboxylic acids is 1. The molecule has 2 aromatic rings. The van der Waals surface area contributed by atoms with Crippen LogP contribution in [0, 0.1) is 5.82 Å². The van der Waals surface area contributed by atoms with Gasteiger partial charge in [-0.1, -0.05) is 19.1 Å². The van der Waals surface area contributed by atoms with Crippen molar-refractivity contribution in [1.29, 1.82) is 0 Å². The number of ether oxygens (including phenoxy) is 1. The summed E-state index contributed by atoms with van der Waals surface area (Å²) in [6, 6.07) is 9.32. The lowest BCUT2D eigenvalue weighted by molar-refractivity contribution is -0.274. The number of nitrogens with one attached hydrogen (secondary N) is 1. The van der Waals surface area contributed by atoms with Crippen LogP contribution in [0.5, 0.6) is 5.75 Å². The van der Waals surface area contributed by atoms with Crippen molar-refractivity contribution in [2.45, 2.75) is 32.7 Å². The Hall–Kier alpha value is -2.81. The molecule has 3 rings (SSSR count). The number of anilines is 1. The van der Waals surface area contributed by atoms with Crippen molar-refractivity contribution in [3.63, 3.8) is 0 Å². The van der Waals surface area contributed by atoms with Crippen molar-refractivity contribution in [3.8, 4) is 5.75 Å². The second-order valence-corrected chi connectivity index (χ2v) is 7.78. The Morgan fingerprint density at radius 1 is 1.09 bits per heavy atom. The summed E-state index contributed by atoms with van der Waals surface area (Å²) in [5, 5.41) is 2.87. The number of benzene rings is 2. The molecule has 9 heteroatoms. The van der Waals surface area contributed by atoms with Gasteiger partial charge in [0.25, 0.3) is 0 Å². The van der Waals surface area contributed by atoms with Crippen LogP contribution in [0.2, 0.25) is 0 Å². The molecule has 1 fully saturated rings. The molecule has 1 saturated heterocycles. The molecule has 174 valence electrons. The molecule has 0 spiro atoms. The van der Waals surface area contributed by atoms with E-state index in [1.165, 1.54) is 36.4 Å². The van der Waals surface area contributed by atoms with Crippen LogP contribution >= 0.6 is 0 Å². The normalized spacial score (nSPS) is 16.0. The first kappa shape index (κ1) is 23.8. The van der Waals surface area contributed by atoms with E-state index in [9.17, 15) is 22.4 Å². The molecule has 1 aliphatic rings. The summed E-state index contributed by atoms with van der Waals surface area (Å²) in [4.78, 5) is 17.1. The Balaban J connectivity index is 1.64. The van der Waals surface area contributed by atoms with E-state index >= 15 is 0 Å². The van der Waals surface area contributed by atoms with Gasteiger partial charge in [0.1, 0.15) is 11.6 Å². The van der Waals surface area contributed by atoms with Crippen LogP contribution in [-0.4, -0.2) is 49.9 Å². The number of rotatable bonds is 7. The van der Waals surface area contributed by atoms with Crippen molar-refractivity contribution in [1.82, 2.24) is 10.2 Å². The molecule has 1 unspecified atom stereocenters. The van der Waals surface area contributed by atoms with Gasteiger partial charge in [-0.05, 0) is 49.4 Å². The lowest BCUT2D eigenvalue weighted by Crippen LogP contribution is -2.46. The van der Waals surface area contributed by atoms with Gasteiger partial charge in [-0.2, -0.15) is 0 Å². The highest BCUT2D eigenvalue weighted by molar-refractivity contribution is 5.79. The average Bonchev–Trinajstić information content (AvgIpc) is 2.74. The van der Waals surface area contributed by atoms with Gasteiger partial charge in [0.05, 0.1) is 12.5 Å². The quantitative estimate of drug-likeness (QED) is 0.636. The Morgan fingerprint density at radius 3 is 2.34 bits per heavy atom. The van der Waals surface area contributed by atoms with Crippen molar-refractivity contribution in [2.75, 3.05) is 37.6 Å². The molecule has 1 aliphatic heterocycles. The minimum atomic E-state index is -4.76. The SMILES string of the molecule is CCN1CCN(c2ccc(F)cc2C(C)NC(=O)Cc2ccc(OC(F)(F)F)cc2)CC1. The highest BCUT2D eigenvalue weighted by Gasteiger charge is 2.31. The Kier molecular flexibility index (Phi) is 7.60.